The number of ether oxygens (including phenoxy) is 1. The monoisotopic (exact) mass is 634 g/mol. The first-order chi connectivity index (χ1) is 20.5. The van der Waals surface area contributed by atoms with Crippen molar-refractivity contribution in [1.82, 2.24) is 9.97 Å². The Morgan fingerprint density at radius 1 is 1.07 bits per heavy atom. The molecule has 0 saturated carbocycles. The predicted octanol–water partition coefficient (Wildman–Crippen LogP) is 6.80. The second kappa shape index (κ2) is 12.2. The van der Waals surface area contributed by atoms with Crippen LogP contribution in [0.15, 0.2) is 60.7 Å². The molecule has 5 rings (SSSR count). The molecule has 230 valence electrons. The number of halogens is 5. The molecule has 44 heavy (non-hydrogen) atoms. The highest BCUT2D eigenvalue weighted by Crippen LogP contribution is 2.43. The third kappa shape index (κ3) is 7.45. The van der Waals surface area contributed by atoms with E-state index in [2.05, 4.69) is 20.6 Å². The van der Waals surface area contributed by atoms with E-state index in [0.717, 1.165) is 12.1 Å². The minimum Gasteiger partial charge on any atom is -0.486 e. The zero-order valence-electron chi connectivity index (χ0n) is 22.8. The van der Waals surface area contributed by atoms with Crippen LogP contribution in [-0.4, -0.2) is 43.6 Å². The summed E-state index contributed by atoms with van der Waals surface area (Å²) in [5, 5.41) is 21.3. The van der Waals surface area contributed by atoms with Gasteiger partial charge in [-0.1, -0.05) is 17.7 Å². The number of carbonyl (C=O) groups excluding carboxylic acids is 1. The Hall–Kier alpha value is -5.11. The van der Waals surface area contributed by atoms with E-state index in [4.69, 9.17) is 26.6 Å². The number of imidazole rings is 1. The van der Waals surface area contributed by atoms with Crippen molar-refractivity contribution in [2.75, 3.05) is 10.6 Å². The molecule has 4 aromatic rings. The average Bonchev–Trinajstić information content (AvgIpc) is 3.48. The number of hydrogen-bond donors (Lipinski definition) is 5. The number of para-hydroxylation sites is 1. The van der Waals surface area contributed by atoms with Crippen LogP contribution in [0.2, 0.25) is 5.02 Å². The van der Waals surface area contributed by atoms with Gasteiger partial charge in [-0.3, -0.25) is 4.79 Å². The number of amides is 1. The molecule has 10 nitrogen and oxygen atoms in total. The van der Waals surface area contributed by atoms with Crippen LogP contribution in [0.4, 0.5) is 34.9 Å². The van der Waals surface area contributed by atoms with E-state index in [0.29, 0.717) is 40.9 Å². The molecule has 2 heterocycles. The van der Waals surface area contributed by atoms with Gasteiger partial charge in [0.1, 0.15) is 17.2 Å². The molecule has 15 heteroatoms. The lowest BCUT2D eigenvalue weighted by Crippen LogP contribution is -2.25. The number of hydrogen-bond acceptors (Lipinski definition) is 6. The number of aromatic amines is 1. The van der Waals surface area contributed by atoms with Gasteiger partial charge >= 0.3 is 18.1 Å². The Balaban J connectivity index is 0.000000488. The summed E-state index contributed by atoms with van der Waals surface area (Å²) in [5.41, 5.74) is 0.689. The van der Waals surface area contributed by atoms with Crippen molar-refractivity contribution in [2.24, 2.45) is 0 Å². The van der Waals surface area contributed by atoms with Gasteiger partial charge < -0.3 is 30.6 Å². The summed E-state index contributed by atoms with van der Waals surface area (Å²) in [5.74, 6) is -3.09. The van der Waals surface area contributed by atoms with Gasteiger partial charge in [-0.05, 0) is 56.3 Å². The highest BCUT2D eigenvalue weighted by molar-refractivity contribution is 6.33. The van der Waals surface area contributed by atoms with Crippen molar-refractivity contribution in [1.29, 1.82) is 0 Å². The third-order valence-corrected chi connectivity index (χ3v) is 6.41. The van der Waals surface area contributed by atoms with Gasteiger partial charge in [0.05, 0.1) is 32.9 Å². The molecule has 3 aromatic carbocycles. The maximum atomic E-state index is 14.3. The molecule has 0 bridgehead atoms. The molecule has 0 fully saturated rings. The standard InChI is InChI=1S/C25H19ClF4N4O2.C4H4O4/c1-24(2)11-15-19-18(32-23(33-19)34-20-16(26)4-3-5-17(20)27)10-14(21(15)36-24)22(35)31-13-8-6-12(7-9-13)25(28,29)30;5-3(6)1-2-4(7)8/h3-10H,11H2,1-2H3,(H,31,35)(H2,32,33,34);1-2H,(H,5,6)(H,7,8)/b;2-1-. The topological polar surface area (TPSA) is 154 Å². The number of aromatic nitrogens is 2. The molecule has 0 atom stereocenters. The summed E-state index contributed by atoms with van der Waals surface area (Å²) in [7, 11) is 0. The van der Waals surface area contributed by atoms with E-state index < -0.39 is 41.0 Å². The average molecular weight is 635 g/mol. The van der Waals surface area contributed by atoms with Gasteiger partial charge in [0, 0.05) is 29.8 Å². The number of nitrogens with zero attached hydrogens (tertiary/aromatic N) is 1. The van der Waals surface area contributed by atoms with E-state index >= 15 is 0 Å². The van der Waals surface area contributed by atoms with Gasteiger partial charge in [0.2, 0.25) is 5.95 Å². The van der Waals surface area contributed by atoms with E-state index in [-0.39, 0.29) is 27.9 Å². The normalized spacial score (nSPS) is 13.5. The predicted molar refractivity (Wildman–Crippen MR) is 153 cm³/mol. The first kappa shape index (κ1) is 31.8. The van der Waals surface area contributed by atoms with Gasteiger partial charge in [-0.2, -0.15) is 13.2 Å². The van der Waals surface area contributed by atoms with Gasteiger partial charge in [-0.15, -0.1) is 0 Å². The van der Waals surface area contributed by atoms with E-state index in [9.17, 15) is 31.9 Å². The fourth-order valence-corrected chi connectivity index (χ4v) is 4.48. The second-order valence-corrected chi connectivity index (χ2v) is 10.4. The van der Waals surface area contributed by atoms with Crippen LogP contribution >= 0.6 is 11.6 Å². The van der Waals surface area contributed by atoms with E-state index in [1.165, 1.54) is 36.4 Å². The Morgan fingerprint density at radius 2 is 1.70 bits per heavy atom. The fourth-order valence-electron chi connectivity index (χ4n) is 4.27. The Labute approximate surface area is 251 Å². The van der Waals surface area contributed by atoms with Crippen molar-refractivity contribution in [3.8, 4) is 5.75 Å². The first-order valence-electron chi connectivity index (χ1n) is 12.6. The maximum Gasteiger partial charge on any atom is 0.416 e. The van der Waals surface area contributed by atoms with Crippen LogP contribution in [0.25, 0.3) is 11.0 Å². The molecule has 1 amide bonds. The summed E-state index contributed by atoms with van der Waals surface area (Å²) >= 11 is 6.11. The number of alkyl halides is 3. The number of carboxylic acid groups (broad SMARTS) is 2. The first-order valence-corrected chi connectivity index (χ1v) is 13.0. The quantitative estimate of drug-likeness (QED) is 0.115. The summed E-state index contributed by atoms with van der Waals surface area (Å²) in [6.07, 6.45) is -2.91. The van der Waals surface area contributed by atoms with Crippen molar-refractivity contribution in [2.45, 2.75) is 32.0 Å². The largest absolute Gasteiger partial charge is 0.486 e. The van der Waals surface area contributed by atoms with Gasteiger partial charge in [0.25, 0.3) is 5.91 Å². The lowest BCUT2D eigenvalue weighted by Gasteiger charge is -2.18. The van der Waals surface area contributed by atoms with Crippen LogP contribution in [0.5, 0.6) is 5.75 Å². The lowest BCUT2D eigenvalue weighted by atomic mass is 9.98. The summed E-state index contributed by atoms with van der Waals surface area (Å²) in [4.78, 5) is 39.8. The third-order valence-electron chi connectivity index (χ3n) is 6.10. The highest BCUT2D eigenvalue weighted by atomic mass is 35.5. The molecule has 1 aromatic heterocycles. The van der Waals surface area contributed by atoms with E-state index in [1.807, 2.05) is 13.8 Å². The van der Waals surface area contributed by atoms with Crippen LogP contribution < -0.4 is 15.4 Å². The smallest absolute Gasteiger partial charge is 0.416 e. The molecule has 0 saturated heterocycles. The number of benzene rings is 3. The molecular weight excluding hydrogens is 612 g/mol. The summed E-state index contributed by atoms with van der Waals surface area (Å²) in [6, 6.07) is 9.96. The number of H-pyrrole nitrogens is 1. The van der Waals surface area contributed by atoms with Crippen LogP contribution in [0.1, 0.15) is 35.3 Å². The number of nitrogens with one attached hydrogen (secondary N) is 3. The molecule has 1 aliphatic rings. The number of carboxylic acids is 2. The molecule has 5 N–H and O–H groups in total. The van der Waals surface area contributed by atoms with Gasteiger partial charge in [-0.25, -0.2) is 19.0 Å². The molecule has 0 radical (unpaired) electrons. The Kier molecular flexibility index (Phi) is 8.86. The summed E-state index contributed by atoms with van der Waals surface area (Å²) < 4.78 is 58.9. The molecule has 0 aliphatic carbocycles. The van der Waals surface area contributed by atoms with Crippen molar-refractivity contribution >= 4 is 57.8 Å². The minimum absolute atomic E-state index is 0.0479. The fraction of sp³-hybridized carbons (Fsp3) is 0.172. The number of anilines is 3. The zero-order chi connectivity index (χ0) is 32.4. The zero-order valence-corrected chi connectivity index (χ0v) is 23.6. The number of fused-ring (bicyclic) bond motifs is 3. The van der Waals surface area contributed by atoms with Crippen LogP contribution in [0, 0.1) is 5.82 Å². The van der Waals surface area contributed by atoms with Crippen molar-refractivity contribution < 1.29 is 46.9 Å². The number of carbonyl (C=O) groups is 3. The van der Waals surface area contributed by atoms with Crippen LogP contribution in [0.3, 0.4) is 0 Å². The SMILES string of the molecule is CC1(C)Cc2c(c(C(=O)Nc3ccc(C(F)(F)F)cc3)cc3[nH]c(Nc4c(F)cccc4Cl)nc23)O1.O=C(O)/C=C\C(=O)O. The lowest BCUT2D eigenvalue weighted by molar-refractivity contribution is -0.137. The molecule has 1 aliphatic heterocycles. The summed E-state index contributed by atoms with van der Waals surface area (Å²) in [6.45, 7) is 3.72. The minimum atomic E-state index is -4.48. The Bertz CT molecular complexity index is 1750. The molecule has 0 unspecified atom stereocenters. The van der Waals surface area contributed by atoms with Crippen LogP contribution in [-0.2, 0) is 22.2 Å². The molecule has 0 spiro atoms. The highest BCUT2D eigenvalue weighted by Gasteiger charge is 2.36. The number of rotatable bonds is 6. The Morgan fingerprint density at radius 3 is 2.27 bits per heavy atom. The van der Waals surface area contributed by atoms with Gasteiger partial charge in [0.15, 0.2) is 0 Å². The van der Waals surface area contributed by atoms with Crippen molar-refractivity contribution in [3.63, 3.8) is 0 Å². The molecular formula is C29H23ClF4N4O6. The van der Waals surface area contributed by atoms with Crippen molar-refractivity contribution in [3.05, 3.63) is 88.2 Å². The maximum absolute atomic E-state index is 14.3. The van der Waals surface area contributed by atoms with E-state index in [1.54, 1.807) is 0 Å². The number of aliphatic carboxylic acids is 2. The second-order valence-electron chi connectivity index (χ2n) is 10.0.